The highest BCUT2D eigenvalue weighted by molar-refractivity contribution is 5.42. The van der Waals surface area contributed by atoms with Crippen LogP contribution >= 0.6 is 0 Å². The first-order valence-corrected chi connectivity index (χ1v) is 7.83. The van der Waals surface area contributed by atoms with E-state index in [1.165, 1.54) is 44.1 Å². The van der Waals surface area contributed by atoms with Crippen LogP contribution in [0.1, 0.15) is 67.7 Å². The minimum Gasteiger partial charge on any atom is -0.0613 e. The van der Waals surface area contributed by atoms with Crippen molar-refractivity contribution in [3.05, 3.63) is 34.4 Å². The van der Waals surface area contributed by atoms with Crippen LogP contribution in [0.4, 0.5) is 0 Å². The van der Waals surface area contributed by atoms with Crippen molar-refractivity contribution < 1.29 is 0 Å². The van der Waals surface area contributed by atoms with E-state index in [4.69, 9.17) is 0 Å². The smallest absolute Gasteiger partial charge is 0.0156 e. The Morgan fingerprint density at radius 1 is 1.17 bits per heavy atom. The molecule has 0 bridgehead atoms. The summed E-state index contributed by atoms with van der Waals surface area (Å²) in [5.41, 5.74) is 6.42. The fourth-order valence-electron chi connectivity index (χ4n) is 4.47. The normalized spacial score (nSPS) is 30.7. The van der Waals surface area contributed by atoms with Gasteiger partial charge in [-0.15, -0.1) is 0 Å². The van der Waals surface area contributed by atoms with Gasteiger partial charge in [0.05, 0.1) is 0 Å². The molecule has 2 unspecified atom stereocenters. The fourth-order valence-corrected chi connectivity index (χ4v) is 4.47. The zero-order chi connectivity index (χ0) is 12.7. The molecular weight excluding hydrogens is 216 g/mol. The summed E-state index contributed by atoms with van der Waals surface area (Å²) < 4.78 is 0. The lowest BCUT2D eigenvalue weighted by Gasteiger charge is -2.41. The Morgan fingerprint density at radius 3 is 2.72 bits per heavy atom. The van der Waals surface area contributed by atoms with Crippen molar-refractivity contribution in [1.29, 1.82) is 0 Å². The molecule has 0 N–H and O–H groups in total. The van der Waals surface area contributed by atoms with Crippen LogP contribution in [0.2, 0.25) is 0 Å². The Balaban J connectivity index is 2.01. The van der Waals surface area contributed by atoms with Crippen molar-refractivity contribution in [3.8, 4) is 0 Å². The summed E-state index contributed by atoms with van der Waals surface area (Å²) in [5.74, 6) is 2.75. The molecule has 98 valence electrons. The van der Waals surface area contributed by atoms with Crippen molar-refractivity contribution in [3.63, 3.8) is 0 Å². The first kappa shape index (κ1) is 12.3. The van der Waals surface area contributed by atoms with Crippen LogP contribution in [-0.4, -0.2) is 0 Å². The predicted octanol–water partition coefficient (Wildman–Crippen LogP) is 5.02. The summed E-state index contributed by atoms with van der Waals surface area (Å²) >= 11 is 0. The molecule has 0 heteroatoms. The van der Waals surface area contributed by atoms with Crippen LogP contribution in [0.5, 0.6) is 0 Å². The van der Waals surface area contributed by atoms with E-state index < -0.39 is 0 Å². The number of hydrogen-bond donors (Lipinski definition) is 0. The van der Waals surface area contributed by atoms with Crippen LogP contribution in [0.3, 0.4) is 0 Å². The zero-order valence-electron chi connectivity index (χ0n) is 12.1. The molecule has 2 aliphatic rings. The second-order valence-corrected chi connectivity index (χ2v) is 6.53. The van der Waals surface area contributed by atoms with Crippen molar-refractivity contribution >= 4 is 0 Å². The standard InChI is InChI=1S/C18H26/c1-4-14-10-16-11-15-7-5-6-8-17(15)13(3)18(16)9-12(14)2/h9-10,13,15,17H,4-8,11H2,1-3H3/t13?,15-,17?/m1/s1. The highest BCUT2D eigenvalue weighted by Gasteiger charge is 2.35. The van der Waals surface area contributed by atoms with Gasteiger partial charge in [-0.05, 0) is 72.6 Å². The van der Waals surface area contributed by atoms with Crippen LogP contribution in [0.15, 0.2) is 12.1 Å². The molecule has 0 nitrogen and oxygen atoms in total. The number of aryl methyl sites for hydroxylation is 2. The highest BCUT2D eigenvalue weighted by atomic mass is 14.4. The van der Waals surface area contributed by atoms with Gasteiger partial charge in [-0.25, -0.2) is 0 Å². The summed E-state index contributed by atoms with van der Waals surface area (Å²) in [5, 5.41) is 0. The monoisotopic (exact) mass is 242 g/mol. The van der Waals surface area contributed by atoms with Crippen molar-refractivity contribution in [1.82, 2.24) is 0 Å². The van der Waals surface area contributed by atoms with Crippen LogP contribution in [0, 0.1) is 18.8 Å². The van der Waals surface area contributed by atoms with Crippen LogP contribution < -0.4 is 0 Å². The Morgan fingerprint density at radius 2 is 1.94 bits per heavy atom. The maximum absolute atomic E-state index is 2.52. The molecule has 1 saturated carbocycles. The number of hydrogen-bond acceptors (Lipinski definition) is 0. The average Bonchev–Trinajstić information content (AvgIpc) is 2.39. The number of rotatable bonds is 1. The van der Waals surface area contributed by atoms with Crippen molar-refractivity contribution in [2.45, 2.75) is 65.2 Å². The SMILES string of the molecule is CCc1cc2c(cc1C)C(C)C1CCCC[C@@H]1C2. The van der Waals surface area contributed by atoms with Crippen LogP contribution in [0.25, 0.3) is 0 Å². The second kappa shape index (κ2) is 4.72. The first-order chi connectivity index (χ1) is 8.70. The van der Waals surface area contributed by atoms with Crippen molar-refractivity contribution in [2.24, 2.45) is 11.8 Å². The minimum atomic E-state index is 0.795. The second-order valence-electron chi connectivity index (χ2n) is 6.53. The van der Waals surface area contributed by atoms with E-state index in [0.29, 0.717) is 0 Å². The van der Waals surface area contributed by atoms with Gasteiger partial charge in [0.25, 0.3) is 0 Å². The fraction of sp³-hybridized carbons (Fsp3) is 0.667. The first-order valence-electron chi connectivity index (χ1n) is 7.83. The van der Waals surface area contributed by atoms with E-state index in [9.17, 15) is 0 Å². The molecule has 3 rings (SSSR count). The van der Waals surface area contributed by atoms with Gasteiger partial charge >= 0.3 is 0 Å². The summed E-state index contributed by atoms with van der Waals surface area (Å²) in [6.07, 6.45) is 8.42. The third-order valence-corrected chi connectivity index (χ3v) is 5.56. The molecule has 2 aliphatic carbocycles. The summed E-state index contributed by atoms with van der Waals surface area (Å²) in [7, 11) is 0. The van der Waals surface area contributed by atoms with Gasteiger partial charge in [-0.2, -0.15) is 0 Å². The molecule has 0 aliphatic heterocycles. The maximum Gasteiger partial charge on any atom is -0.0156 e. The molecule has 0 saturated heterocycles. The van der Waals surface area contributed by atoms with E-state index in [2.05, 4.69) is 32.9 Å². The van der Waals surface area contributed by atoms with Gasteiger partial charge in [0.2, 0.25) is 0 Å². The zero-order valence-corrected chi connectivity index (χ0v) is 12.1. The Bertz CT molecular complexity index is 444. The summed E-state index contributed by atoms with van der Waals surface area (Å²) in [6.45, 7) is 7.05. The van der Waals surface area contributed by atoms with Gasteiger partial charge in [-0.3, -0.25) is 0 Å². The lowest BCUT2D eigenvalue weighted by atomic mass is 9.63. The van der Waals surface area contributed by atoms with Gasteiger partial charge in [0.1, 0.15) is 0 Å². The predicted molar refractivity (Wildman–Crippen MR) is 78.1 cm³/mol. The minimum absolute atomic E-state index is 0.795. The molecule has 0 amide bonds. The van der Waals surface area contributed by atoms with Gasteiger partial charge in [0, 0.05) is 0 Å². The molecule has 0 heterocycles. The van der Waals surface area contributed by atoms with Crippen LogP contribution in [-0.2, 0) is 12.8 Å². The Kier molecular flexibility index (Phi) is 3.21. The van der Waals surface area contributed by atoms with Crippen molar-refractivity contribution in [2.75, 3.05) is 0 Å². The third kappa shape index (κ3) is 1.90. The molecule has 0 spiro atoms. The molecule has 0 aromatic heterocycles. The quantitative estimate of drug-likeness (QED) is 0.648. The Hall–Kier alpha value is -0.780. The number of fused-ring (bicyclic) bond motifs is 2. The van der Waals surface area contributed by atoms with E-state index in [1.807, 2.05) is 0 Å². The molecule has 1 aromatic carbocycles. The molecular formula is C18H26. The molecule has 18 heavy (non-hydrogen) atoms. The molecule has 1 aromatic rings. The highest BCUT2D eigenvalue weighted by Crippen LogP contribution is 2.47. The van der Waals surface area contributed by atoms with E-state index in [0.717, 1.165) is 17.8 Å². The molecule has 3 atom stereocenters. The maximum atomic E-state index is 2.52. The summed E-state index contributed by atoms with van der Waals surface area (Å²) in [4.78, 5) is 0. The average molecular weight is 242 g/mol. The van der Waals surface area contributed by atoms with Gasteiger partial charge in [0.15, 0.2) is 0 Å². The lowest BCUT2D eigenvalue weighted by molar-refractivity contribution is 0.191. The van der Waals surface area contributed by atoms with E-state index >= 15 is 0 Å². The third-order valence-electron chi connectivity index (χ3n) is 5.56. The van der Waals surface area contributed by atoms with Gasteiger partial charge < -0.3 is 0 Å². The summed E-state index contributed by atoms with van der Waals surface area (Å²) in [6, 6.07) is 5.02. The topological polar surface area (TPSA) is 0 Å². The van der Waals surface area contributed by atoms with E-state index in [1.54, 1.807) is 16.7 Å². The largest absolute Gasteiger partial charge is 0.0613 e. The van der Waals surface area contributed by atoms with E-state index in [-0.39, 0.29) is 0 Å². The molecule has 1 fully saturated rings. The lowest BCUT2D eigenvalue weighted by Crippen LogP contribution is -2.31. The Labute approximate surface area is 112 Å². The van der Waals surface area contributed by atoms with Gasteiger partial charge in [-0.1, -0.05) is 38.8 Å². The number of benzene rings is 1. The molecule has 0 radical (unpaired) electrons.